The van der Waals surface area contributed by atoms with Crippen molar-refractivity contribution in [1.29, 1.82) is 0 Å². The normalized spacial score (nSPS) is 10.6. The van der Waals surface area contributed by atoms with Gasteiger partial charge in [-0.15, -0.1) is 0 Å². The Morgan fingerprint density at radius 3 is 2.45 bits per heavy atom. The van der Waals surface area contributed by atoms with Gasteiger partial charge in [-0.1, -0.05) is 57.0 Å². The molecular formula is C16H23ClINO. The van der Waals surface area contributed by atoms with Crippen molar-refractivity contribution in [3.05, 3.63) is 26.8 Å². The number of nitrogens with one attached hydrogen (secondary N) is 1. The maximum Gasteiger partial charge on any atom is 0.224 e. The summed E-state index contributed by atoms with van der Waals surface area (Å²) in [5.41, 5.74) is 0.708. The topological polar surface area (TPSA) is 29.1 Å². The first kappa shape index (κ1) is 17.8. The summed E-state index contributed by atoms with van der Waals surface area (Å²) in [7, 11) is 0. The van der Waals surface area contributed by atoms with Crippen LogP contribution in [0.3, 0.4) is 0 Å². The second kappa shape index (κ2) is 10.4. The van der Waals surface area contributed by atoms with Crippen molar-refractivity contribution in [3.63, 3.8) is 0 Å². The molecule has 1 aromatic rings. The van der Waals surface area contributed by atoms with Crippen molar-refractivity contribution in [2.75, 3.05) is 5.32 Å². The summed E-state index contributed by atoms with van der Waals surface area (Å²) in [6, 6.07) is 5.65. The Kier molecular flexibility index (Phi) is 9.27. The lowest BCUT2D eigenvalue weighted by Crippen LogP contribution is -2.11. The van der Waals surface area contributed by atoms with Crippen molar-refractivity contribution >= 4 is 45.8 Å². The van der Waals surface area contributed by atoms with Crippen LogP contribution in [0, 0.1) is 3.57 Å². The van der Waals surface area contributed by atoms with Crippen LogP contribution in [0.1, 0.15) is 58.3 Å². The van der Waals surface area contributed by atoms with Crippen LogP contribution in [-0.4, -0.2) is 5.91 Å². The lowest BCUT2D eigenvalue weighted by Gasteiger charge is -2.07. The molecule has 0 fully saturated rings. The molecule has 0 saturated carbocycles. The molecule has 1 aromatic carbocycles. The summed E-state index contributed by atoms with van der Waals surface area (Å²) < 4.78 is 1.07. The Balaban J connectivity index is 2.17. The van der Waals surface area contributed by atoms with Crippen LogP contribution < -0.4 is 5.32 Å². The van der Waals surface area contributed by atoms with Crippen LogP contribution in [0.15, 0.2) is 18.2 Å². The van der Waals surface area contributed by atoms with Gasteiger partial charge in [0.15, 0.2) is 0 Å². The summed E-state index contributed by atoms with van der Waals surface area (Å²) in [5.74, 6) is 0.0571. The average molecular weight is 408 g/mol. The van der Waals surface area contributed by atoms with Crippen LogP contribution in [0.5, 0.6) is 0 Å². The number of carbonyl (C=O) groups excluding carboxylic acids is 1. The number of benzene rings is 1. The fourth-order valence-electron chi connectivity index (χ4n) is 2.05. The lowest BCUT2D eigenvalue weighted by molar-refractivity contribution is -0.116. The molecule has 1 N–H and O–H groups in total. The minimum Gasteiger partial charge on any atom is -0.325 e. The monoisotopic (exact) mass is 407 g/mol. The third-order valence-electron chi connectivity index (χ3n) is 3.21. The maximum absolute atomic E-state index is 11.8. The Bertz CT molecular complexity index is 423. The van der Waals surface area contributed by atoms with Gasteiger partial charge in [-0.2, -0.15) is 0 Å². The third-order valence-corrected chi connectivity index (χ3v) is 4.20. The predicted molar refractivity (Wildman–Crippen MR) is 95.4 cm³/mol. The van der Waals surface area contributed by atoms with Gasteiger partial charge in [-0.05, 0) is 47.2 Å². The SMILES string of the molecule is CCCCCCCCCC(=O)Nc1ccc(I)cc1Cl. The van der Waals surface area contributed by atoms with E-state index in [2.05, 4.69) is 34.8 Å². The smallest absolute Gasteiger partial charge is 0.224 e. The highest BCUT2D eigenvalue weighted by Gasteiger charge is 2.06. The maximum atomic E-state index is 11.8. The summed E-state index contributed by atoms with van der Waals surface area (Å²) in [6.45, 7) is 2.22. The number of anilines is 1. The molecule has 2 nitrogen and oxygen atoms in total. The molecular weight excluding hydrogens is 385 g/mol. The Morgan fingerprint density at radius 1 is 1.15 bits per heavy atom. The fourth-order valence-corrected chi connectivity index (χ4v) is 2.95. The molecule has 0 spiro atoms. The third kappa shape index (κ3) is 7.48. The van der Waals surface area contributed by atoms with Crippen LogP contribution in [0.25, 0.3) is 0 Å². The van der Waals surface area contributed by atoms with Crippen molar-refractivity contribution in [2.24, 2.45) is 0 Å². The second-order valence-electron chi connectivity index (χ2n) is 5.04. The highest BCUT2D eigenvalue weighted by atomic mass is 127. The van der Waals surface area contributed by atoms with Gasteiger partial charge < -0.3 is 5.32 Å². The van der Waals surface area contributed by atoms with E-state index >= 15 is 0 Å². The number of rotatable bonds is 9. The molecule has 0 aromatic heterocycles. The molecule has 0 saturated heterocycles. The lowest BCUT2D eigenvalue weighted by atomic mass is 10.1. The zero-order valence-corrected chi connectivity index (χ0v) is 15.0. The van der Waals surface area contributed by atoms with Crippen molar-refractivity contribution in [3.8, 4) is 0 Å². The second-order valence-corrected chi connectivity index (χ2v) is 6.70. The van der Waals surface area contributed by atoms with E-state index in [-0.39, 0.29) is 5.91 Å². The van der Waals surface area contributed by atoms with E-state index in [1.54, 1.807) is 0 Å². The summed E-state index contributed by atoms with van der Waals surface area (Å²) in [5, 5.41) is 3.48. The first-order valence-electron chi connectivity index (χ1n) is 7.38. The zero-order chi connectivity index (χ0) is 14.8. The molecule has 0 aliphatic carbocycles. The van der Waals surface area contributed by atoms with Gasteiger partial charge >= 0.3 is 0 Å². The molecule has 4 heteroatoms. The Morgan fingerprint density at radius 2 is 1.80 bits per heavy atom. The summed E-state index contributed by atoms with van der Waals surface area (Å²) >= 11 is 8.29. The molecule has 0 aliphatic heterocycles. The molecule has 0 radical (unpaired) electrons. The average Bonchev–Trinajstić information content (AvgIpc) is 2.41. The highest BCUT2D eigenvalue weighted by Crippen LogP contribution is 2.24. The molecule has 112 valence electrons. The van der Waals surface area contributed by atoms with Gasteiger partial charge in [-0.3, -0.25) is 4.79 Å². The predicted octanol–water partition coefficient (Wildman–Crippen LogP) is 6.02. The number of halogens is 2. The van der Waals surface area contributed by atoms with Crippen molar-refractivity contribution in [1.82, 2.24) is 0 Å². The molecule has 0 aliphatic rings. The van der Waals surface area contributed by atoms with E-state index < -0.39 is 0 Å². The van der Waals surface area contributed by atoms with Gasteiger partial charge in [0.25, 0.3) is 0 Å². The Labute approximate surface area is 140 Å². The number of carbonyl (C=O) groups is 1. The quantitative estimate of drug-likeness (QED) is 0.393. The first-order valence-corrected chi connectivity index (χ1v) is 8.84. The number of hydrogen-bond donors (Lipinski definition) is 1. The molecule has 0 unspecified atom stereocenters. The zero-order valence-electron chi connectivity index (χ0n) is 12.1. The van der Waals surface area contributed by atoms with E-state index in [9.17, 15) is 4.79 Å². The van der Waals surface area contributed by atoms with Gasteiger partial charge in [-0.25, -0.2) is 0 Å². The molecule has 1 rings (SSSR count). The van der Waals surface area contributed by atoms with Crippen LogP contribution >= 0.6 is 34.2 Å². The number of amides is 1. The first-order chi connectivity index (χ1) is 9.63. The van der Waals surface area contributed by atoms with Crippen LogP contribution in [-0.2, 0) is 4.79 Å². The summed E-state index contributed by atoms with van der Waals surface area (Å²) in [4.78, 5) is 11.8. The molecule has 0 heterocycles. The van der Waals surface area contributed by atoms with Crippen LogP contribution in [0.4, 0.5) is 5.69 Å². The van der Waals surface area contributed by atoms with Gasteiger partial charge in [0, 0.05) is 9.99 Å². The minimum atomic E-state index is 0.0571. The van der Waals surface area contributed by atoms with E-state index in [0.717, 1.165) is 16.4 Å². The van der Waals surface area contributed by atoms with Crippen molar-refractivity contribution in [2.45, 2.75) is 58.3 Å². The standard InChI is InChI=1S/C16H23ClINO/c1-2-3-4-5-6-7-8-9-16(20)19-15-11-10-13(18)12-14(15)17/h10-12H,2-9H2,1H3,(H,19,20). The fraction of sp³-hybridized carbons (Fsp3) is 0.562. The van der Waals surface area contributed by atoms with Gasteiger partial charge in [0.05, 0.1) is 10.7 Å². The molecule has 20 heavy (non-hydrogen) atoms. The number of unbranched alkanes of at least 4 members (excludes halogenated alkanes) is 6. The molecule has 0 atom stereocenters. The Hall–Kier alpha value is -0.290. The van der Waals surface area contributed by atoms with E-state index in [4.69, 9.17) is 11.6 Å². The van der Waals surface area contributed by atoms with E-state index in [1.807, 2.05) is 18.2 Å². The van der Waals surface area contributed by atoms with Crippen LogP contribution in [0.2, 0.25) is 5.02 Å². The molecule has 1 amide bonds. The summed E-state index contributed by atoms with van der Waals surface area (Å²) in [6.07, 6.45) is 9.12. The minimum absolute atomic E-state index is 0.0571. The van der Waals surface area contributed by atoms with Gasteiger partial charge in [0.1, 0.15) is 0 Å². The largest absolute Gasteiger partial charge is 0.325 e. The van der Waals surface area contributed by atoms with E-state index in [0.29, 0.717) is 17.1 Å². The van der Waals surface area contributed by atoms with Crippen molar-refractivity contribution < 1.29 is 4.79 Å². The van der Waals surface area contributed by atoms with E-state index in [1.165, 1.54) is 32.1 Å². The van der Waals surface area contributed by atoms with Gasteiger partial charge in [0.2, 0.25) is 5.91 Å². The highest BCUT2D eigenvalue weighted by molar-refractivity contribution is 14.1. The molecule has 0 bridgehead atoms. The number of hydrogen-bond acceptors (Lipinski definition) is 1.